The second-order valence-electron chi connectivity index (χ2n) is 4.11. The van der Waals surface area contributed by atoms with Crippen LogP contribution in [0.4, 0.5) is 5.69 Å². The molecule has 0 atom stereocenters. The number of furan rings is 1. The van der Waals surface area contributed by atoms with Gasteiger partial charge in [0.15, 0.2) is 0 Å². The van der Waals surface area contributed by atoms with Gasteiger partial charge in [0.2, 0.25) is 0 Å². The number of rotatable bonds is 5. The fourth-order valence-corrected chi connectivity index (χ4v) is 2.79. The zero-order chi connectivity index (χ0) is 13.8. The Morgan fingerprint density at radius 3 is 2.74 bits per heavy atom. The summed E-state index contributed by atoms with van der Waals surface area (Å²) in [6, 6.07) is 9.89. The van der Waals surface area contributed by atoms with Gasteiger partial charge in [-0.15, -0.1) is 11.8 Å². The predicted molar refractivity (Wildman–Crippen MR) is 84.9 cm³/mol. The third-order valence-corrected chi connectivity index (χ3v) is 3.73. The van der Waals surface area contributed by atoms with Crippen molar-refractivity contribution in [3.8, 4) is 0 Å². The van der Waals surface area contributed by atoms with Crippen LogP contribution in [0.2, 0.25) is 0 Å². The minimum atomic E-state index is 0.406. The molecule has 5 heteroatoms. The second kappa shape index (κ2) is 6.12. The average molecular weight is 292 g/mol. The highest BCUT2D eigenvalue weighted by Crippen LogP contribution is 2.27. The quantitative estimate of drug-likeness (QED) is 0.652. The lowest BCUT2D eigenvalue weighted by Gasteiger charge is -2.13. The smallest absolute Gasteiger partial charge is 0.123 e. The Balaban J connectivity index is 2.22. The van der Waals surface area contributed by atoms with Gasteiger partial charge in [-0.3, -0.25) is 0 Å². The van der Waals surface area contributed by atoms with E-state index in [0.717, 1.165) is 27.7 Å². The number of nitrogens with one attached hydrogen (secondary N) is 1. The highest BCUT2D eigenvalue weighted by atomic mass is 32.2. The van der Waals surface area contributed by atoms with Crippen molar-refractivity contribution >= 4 is 34.7 Å². The summed E-state index contributed by atoms with van der Waals surface area (Å²) in [5, 5.41) is 3.32. The maximum Gasteiger partial charge on any atom is 0.123 e. The number of hydrogen-bond acceptors (Lipinski definition) is 4. The molecule has 0 saturated carbocycles. The Hall–Kier alpha value is -1.46. The van der Waals surface area contributed by atoms with Crippen LogP contribution in [0.3, 0.4) is 0 Å². The number of thioether (sulfide) groups is 1. The SMILES string of the molecule is CSc1cccc(NCc2ccc(C)o2)c1C(N)=S. The maximum atomic E-state index is 5.82. The molecule has 0 radical (unpaired) electrons. The normalized spacial score (nSPS) is 10.4. The molecule has 3 nitrogen and oxygen atoms in total. The molecule has 1 aromatic carbocycles. The van der Waals surface area contributed by atoms with E-state index in [-0.39, 0.29) is 0 Å². The van der Waals surface area contributed by atoms with Gasteiger partial charge in [0, 0.05) is 16.1 Å². The number of thiocarbonyl (C=S) groups is 1. The van der Waals surface area contributed by atoms with Crippen molar-refractivity contribution < 1.29 is 4.42 Å². The van der Waals surface area contributed by atoms with Gasteiger partial charge in [0.1, 0.15) is 16.5 Å². The number of hydrogen-bond donors (Lipinski definition) is 2. The number of nitrogens with two attached hydrogens (primary N) is 1. The number of anilines is 1. The molecule has 3 N–H and O–H groups in total. The van der Waals surface area contributed by atoms with Crippen LogP contribution in [0.15, 0.2) is 39.6 Å². The molecule has 100 valence electrons. The maximum absolute atomic E-state index is 5.82. The topological polar surface area (TPSA) is 51.2 Å². The van der Waals surface area contributed by atoms with E-state index in [1.165, 1.54) is 0 Å². The first-order valence-corrected chi connectivity index (χ1v) is 7.51. The monoisotopic (exact) mass is 292 g/mol. The highest BCUT2D eigenvalue weighted by molar-refractivity contribution is 7.98. The van der Waals surface area contributed by atoms with Crippen molar-refractivity contribution in [1.82, 2.24) is 0 Å². The molecule has 1 aromatic heterocycles. The molecular formula is C14H16N2OS2. The van der Waals surface area contributed by atoms with Crippen molar-refractivity contribution in [2.75, 3.05) is 11.6 Å². The molecule has 0 amide bonds. The van der Waals surface area contributed by atoms with Gasteiger partial charge in [-0.2, -0.15) is 0 Å². The van der Waals surface area contributed by atoms with E-state index >= 15 is 0 Å². The molecule has 0 spiro atoms. The third-order valence-electron chi connectivity index (χ3n) is 2.74. The van der Waals surface area contributed by atoms with Crippen LogP contribution >= 0.6 is 24.0 Å². The van der Waals surface area contributed by atoms with Gasteiger partial charge in [-0.25, -0.2) is 0 Å². The van der Waals surface area contributed by atoms with Crippen molar-refractivity contribution in [2.24, 2.45) is 5.73 Å². The van der Waals surface area contributed by atoms with E-state index in [1.54, 1.807) is 11.8 Å². The Morgan fingerprint density at radius 1 is 1.37 bits per heavy atom. The molecule has 0 aliphatic rings. The minimum Gasteiger partial charge on any atom is -0.465 e. The Labute approximate surface area is 122 Å². The Bertz CT molecular complexity index is 593. The van der Waals surface area contributed by atoms with Gasteiger partial charge in [-0.1, -0.05) is 18.3 Å². The molecule has 0 aliphatic heterocycles. The first kappa shape index (κ1) is 14.0. The van der Waals surface area contributed by atoms with Gasteiger partial charge < -0.3 is 15.5 Å². The molecule has 0 aliphatic carbocycles. The molecule has 0 unspecified atom stereocenters. The minimum absolute atomic E-state index is 0.406. The van der Waals surface area contributed by atoms with Crippen LogP contribution in [0.25, 0.3) is 0 Å². The van der Waals surface area contributed by atoms with Gasteiger partial charge in [0.05, 0.1) is 6.54 Å². The second-order valence-corrected chi connectivity index (χ2v) is 5.40. The zero-order valence-electron chi connectivity index (χ0n) is 10.9. The van der Waals surface area contributed by atoms with Crippen LogP contribution < -0.4 is 11.1 Å². The van der Waals surface area contributed by atoms with Crippen molar-refractivity contribution in [1.29, 1.82) is 0 Å². The standard InChI is InChI=1S/C14H16N2OS2/c1-9-6-7-10(17-9)8-16-11-4-3-5-12(19-2)13(11)14(15)18/h3-7,16H,8H2,1-2H3,(H2,15,18). The molecule has 1 heterocycles. The molecule has 0 saturated heterocycles. The van der Waals surface area contributed by atoms with Crippen molar-refractivity contribution in [3.63, 3.8) is 0 Å². The predicted octanol–water partition coefficient (Wildman–Crippen LogP) is 3.56. The fraction of sp³-hybridized carbons (Fsp3) is 0.214. The van der Waals surface area contributed by atoms with Crippen LogP contribution in [0.5, 0.6) is 0 Å². The summed E-state index contributed by atoms with van der Waals surface area (Å²) < 4.78 is 5.53. The summed E-state index contributed by atoms with van der Waals surface area (Å²) in [6.07, 6.45) is 2.01. The van der Waals surface area contributed by atoms with Crippen LogP contribution in [0, 0.1) is 6.92 Å². The van der Waals surface area contributed by atoms with Crippen LogP contribution in [0.1, 0.15) is 17.1 Å². The molecule has 2 rings (SSSR count). The summed E-state index contributed by atoms with van der Waals surface area (Å²) in [6.45, 7) is 2.54. The van der Waals surface area contributed by atoms with E-state index in [0.29, 0.717) is 11.5 Å². The lowest BCUT2D eigenvalue weighted by Crippen LogP contribution is -2.14. The summed E-state index contributed by atoms with van der Waals surface area (Å²) in [5.74, 6) is 1.80. The third kappa shape index (κ3) is 3.30. The Kier molecular flexibility index (Phi) is 4.50. The lowest BCUT2D eigenvalue weighted by atomic mass is 10.1. The van der Waals surface area contributed by atoms with E-state index in [2.05, 4.69) is 5.32 Å². The van der Waals surface area contributed by atoms with Gasteiger partial charge in [-0.05, 0) is 37.4 Å². The van der Waals surface area contributed by atoms with E-state index in [1.807, 2.05) is 43.5 Å². The number of aryl methyl sites for hydroxylation is 1. The van der Waals surface area contributed by atoms with Gasteiger partial charge >= 0.3 is 0 Å². The van der Waals surface area contributed by atoms with Crippen molar-refractivity contribution in [3.05, 3.63) is 47.4 Å². The molecule has 19 heavy (non-hydrogen) atoms. The average Bonchev–Trinajstić information content (AvgIpc) is 2.81. The first-order valence-electron chi connectivity index (χ1n) is 5.88. The van der Waals surface area contributed by atoms with E-state index < -0.39 is 0 Å². The highest BCUT2D eigenvalue weighted by Gasteiger charge is 2.10. The largest absolute Gasteiger partial charge is 0.465 e. The fourth-order valence-electron chi connectivity index (χ4n) is 1.87. The first-order chi connectivity index (χ1) is 9.11. The zero-order valence-corrected chi connectivity index (χ0v) is 12.5. The molecule has 2 aromatic rings. The van der Waals surface area contributed by atoms with E-state index in [4.69, 9.17) is 22.4 Å². The molecular weight excluding hydrogens is 276 g/mol. The molecule has 0 bridgehead atoms. The lowest BCUT2D eigenvalue weighted by molar-refractivity contribution is 0.490. The van der Waals surface area contributed by atoms with E-state index in [9.17, 15) is 0 Å². The van der Waals surface area contributed by atoms with Gasteiger partial charge in [0.25, 0.3) is 0 Å². The summed E-state index contributed by atoms with van der Waals surface area (Å²) in [4.78, 5) is 1.48. The summed E-state index contributed by atoms with van der Waals surface area (Å²) >= 11 is 6.77. The molecule has 0 fully saturated rings. The Morgan fingerprint density at radius 2 is 2.16 bits per heavy atom. The summed E-state index contributed by atoms with van der Waals surface area (Å²) in [7, 11) is 0. The van der Waals surface area contributed by atoms with Crippen LogP contribution in [-0.4, -0.2) is 11.2 Å². The van der Waals surface area contributed by atoms with Crippen LogP contribution in [-0.2, 0) is 6.54 Å². The summed E-state index contributed by atoms with van der Waals surface area (Å²) in [5.41, 5.74) is 7.65. The van der Waals surface area contributed by atoms with Crippen molar-refractivity contribution in [2.45, 2.75) is 18.4 Å². The number of benzene rings is 1.